The van der Waals surface area contributed by atoms with Crippen molar-refractivity contribution in [3.63, 3.8) is 0 Å². The second kappa shape index (κ2) is 12.8. The van der Waals surface area contributed by atoms with Gasteiger partial charge in [-0.25, -0.2) is 0 Å². The third-order valence-corrected chi connectivity index (χ3v) is 7.81. The molecule has 2 aliphatic rings. The first kappa shape index (κ1) is 26.8. The predicted molar refractivity (Wildman–Crippen MR) is 152 cm³/mol. The number of carbonyl (C=O) groups is 2. The Morgan fingerprint density at radius 3 is 2.38 bits per heavy atom. The molecule has 1 saturated carbocycles. The van der Waals surface area contributed by atoms with Crippen molar-refractivity contribution in [3.05, 3.63) is 95.1 Å². The molecular weight excluding hydrogens is 488 g/mol. The maximum atomic E-state index is 14.0. The van der Waals surface area contributed by atoms with Crippen LogP contribution in [0.5, 0.6) is 11.5 Å². The van der Waals surface area contributed by atoms with Gasteiger partial charge in [0.05, 0.1) is 0 Å². The van der Waals surface area contributed by atoms with Crippen LogP contribution in [-0.2, 0) is 29.0 Å². The minimum absolute atomic E-state index is 0.0318. The molecule has 0 saturated heterocycles. The van der Waals surface area contributed by atoms with Crippen LogP contribution in [0.4, 0.5) is 0 Å². The van der Waals surface area contributed by atoms with E-state index in [0.29, 0.717) is 39.0 Å². The Bertz CT molecular complexity index is 1270. The third kappa shape index (κ3) is 6.99. The van der Waals surface area contributed by atoms with Crippen molar-refractivity contribution < 1.29 is 19.1 Å². The predicted octanol–water partition coefficient (Wildman–Crippen LogP) is 5.40. The summed E-state index contributed by atoms with van der Waals surface area (Å²) in [6.07, 6.45) is 5.60. The highest BCUT2D eigenvalue weighted by Crippen LogP contribution is 2.31. The summed E-state index contributed by atoms with van der Waals surface area (Å²) in [4.78, 5) is 29.6. The van der Waals surface area contributed by atoms with E-state index in [1.54, 1.807) is 4.90 Å². The molecule has 5 rings (SSSR count). The molecule has 204 valence electrons. The van der Waals surface area contributed by atoms with Crippen LogP contribution in [0.2, 0.25) is 0 Å². The Labute approximate surface area is 231 Å². The first-order valence-corrected chi connectivity index (χ1v) is 14.1. The largest absolute Gasteiger partial charge is 0.486 e. The van der Waals surface area contributed by atoms with Crippen LogP contribution < -0.4 is 14.8 Å². The molecule has 0 radical (unpaired) electrons. The van der Waals surface area contributed by atoms with Crippen LogP contribution in [0, 0.1) is 6.92 Å². The SMILES string of the molecule is Cc1ccccc1CN(C(=O)CCc1ccc2c(c1)OCCO2)[C@@H](Cc1ccccc1)C(=O)NC1CCCC1. The quantitative estimate of drug-likeness (QED) is 0.384. The number of aryl methyl sites for hydroxylation is 2. The van der Waals surface area contributed by atoms with E-state index in [9.17, 15) is 9.59 Å². The van der Waals surface area contributed by atoms with Crippen molar-refractivity contribution in [1.82, 2.24) is 10.2 Å². The fourth-order valence-electron chi connectivity index (χ4n) is 5.53. The molecule has 6 heteroatoms. The minimum Gasteiger partial charge on any atom is -0.486 e. The molecule has 0 spiro atoms. The Morgan fingerprint density at radius 2 is 1.62 bits per heavy atom. The lowest BCUT2D eigenvalue weighted by Gasteiger charge is -2.33. The van der Waals surface area contributed by atoms with E-state index in [0.717, 1.165) is 59.4 Å². The zero-order valence-electron chi connectivity index (χ0n) is 22.7. The van der Waals surface area contributed by atoms with Crippen molar-refractivity contribution in [1.29, 1.82) is 0 Å². The number of hydrogen-bond acceptors (Lipinski definition) is 4. The van der Waals surface area contributed by atoms with Crippen molar-refractivity contribution in [2.75, 3.05) is 13.2 Å². The number of carbonyl (C=O) groups excluding carboxylic acids is 2. The molecule has 1 atom stereocenters. The topological polar surface area (TPSA) is 67.9 Å². The Morgan fingerprint density at radius 1 is 0.897 bits per heavy atom. The lowest BCUT2D eigenvalue weighted by Crippen LogP contribution is -2.52. The number of fused-ring (bicyclic) bond motifs is 1. The molecule has 1 aliphatic heterocycles. The smallest absolute Gasteiger partial charge is 0.243 e. The van der Waals surface area contributed by atoms with Gasteiger partial charge in [0.15, 0.2) is 11.5 Å². The van der Waals surface area contributed by atoms with Gasteiger partial charge in [0.25, 0.3) is 0 Å². The first-order chi connectivity index (χ1) is 19.1. The maximum absolute atomic E-state index is 14.0. The van der Waals surface area contributed by atoms with E-state index in [1.165, 1.54) is 0 Å². The number of nitrogens with zero attached hydrogens (tertiary/aromatic N) is 1. The Balaban J connectivity index is 1.40. The summed E-state index contributed by atoms with van der Waals surface area (Å²) in [5.74, 6) is 1.37. The molecule has 2 amide bonds. The molecular formula is C33H38N2O4. The summed E-state index contributed by atoms with van der Waals surface area (Å²) in [5.41, 5.74) is 4.21. The molecule has 3 aromatic rings. The average molecular weight is 527 g/mol. The maximum Gasteiger partial charge on any atom is 0.243 e. The highest BCUT2D eigenvalue weighted by atomic mass is 16.6. The molecule has 6 nitrogen and oxygen atoms in total. The van der Waals surface area contributed by atoms with Crippen LogP contribution in [0.15, 0.2) is 72.8 Å². The zero-order chi connectivity index (χ0) is 27.0. The van der Waals surface area contributed by atoms with Gasteiger partial charge in [0, 0.05) is 25.4 Å². The van der Waals surface area contributed by atoms with Crippen LogP contribution in [0.3, 0.4) is 0 Å². The van der Waals surface area contributed by atoms with E-state index in [-0.39, 0.29) is 17.9 Å². The molecule has 0 unspecified atom stereocenters. The molecule has 1 heterocycles. The van der Waals surface area contributed by atoms with Gasteiger partial charge in [-0.15, -0.1) is 0 Å². The van der Waals surface area contributed by atoms with Crippen LogP contribution in [0.1, 0.15) is 54.4 Å². The number of rotatable bonds is 10. The minimum atomic E-state index is -0.597. The van der Waals surface area contributed by atoms with Crippen LogP contribution in [-0.4, -0.2) is 42.0 Å². The Kier molecular flexibility index (Phi) is 8.82. The highest BCUT2D eigenvalue weighted by molar-refractivity contribution is 5.88. The zero-order valence-corrected chi connectivity index (χ0v) is 22.7. The lowest BCUT2D eigenvalue weighted by molar-refractivity contribution is -0.141. The molecule has 0 bridgehead atoms. The number of nitrogens with one attached hydrogen (secondary N) is 1. The first-order valence-electron chi connectivity index (χ1n) is 14.1. The average Bonchev–Trinajstić information content (AvgIpc) is 3.48. The molecule has 1 N–H and O–H groups in total. The second-order valence-electron chi connectivity index (χ2n) is 10.6. The van der Waals surface area contributed by atoms with Gasteiger partial charge in [-0.3, -0.25) is 9.59 Å². The fraction of sp³-hybridized carbons (Fsp3) is 0.394. The summed E-state index contributed by atoms with van der Waals surface area (Å²) in [5, 5.41) is 3.28. The highest BCUT2D eigenvalue weighted by Gasteiger charge is 2.32. The van der Waals surface area contributed by atoms with Gasteiger partial charge >= 0.3 is 0 Å². The van der Waals surface area contributed by atoms with E-state index in [4.69, 9.17) is 9.47 Å². The number of hydrogen-bond donors (Lipinski definition) is 1. The van der Waals surface area contributed by atoms with Gasteiger partial charge in [-0.2, -0.15) is 0 Å². The van der Waals surface area contributed by atoms with Gasteiger partial charge in [0.1, 0.15) is 19.3 Å². The van der Waals surface area contributed by atoms with Crippen molar-refractivity contribution >= 4 is 11.8 Å². The van der Waals surface area contributed by atoms with Crippen molar-refractivity contribution in [2.45, 2.75) is 70.5 Å². The number of benzene rings is 3. The molecule has 0 aromatic heterocycles. The van der Waals surface area contributed by atoms with Gasteiger partial charge in [-0.05, 0) is 60.6 Å². The van der Waals surface area contributed by atoms with Gasteiger partial charge in [0.2, 0.25) is 11.8 Å². The lowest BCUT2D eigenvalue weighted by atomic mass is 10.00. The third-order valence-electron chi connectivity index (χ3n) is 7.81. The monoisotopic (exact) mass is 526 g/mol. The summed E-state index contributed by atoms with van der Waals surface area (Å²) in [6, 6.07) is 23.5. The number of ether oxygens (including phenoxy) is 2. The second-order valence-corrected chi connectivity index (χ2v) is 10.6. The summed E-state index contributed by atoms with van der Waals surface area (Å²) in [6.45, 7) is 3.52. The summed E-state index contributed by atoms with van der Waals surface area (Å²) < 4.78 is 11.4. The van der Waals surface area contributed by atoms with E-state index >= 15 is 0 Å². The van der Waals surface area contributed by atoms with E-state index < -0.39 is 6.04 Å². The molecule has 1 aliphatic carbocycles. The summed E-state index contributed by atoms with van der Waals surface area (Å²) >= 11 is 0. The van der Waals surface area contributed by atoms with Crippen molar-refractivity contribution in [3.8, 4) is 11.5 Å². The normalized spacial score (nSPS) is 15.5. The van der Waals surface area contributed by atoms with E-state index in [1.807, 2.05) is 66.7 Å². The van der Waals surface area contributed by atoms with Crippen LogP contribution >= 0.6 is 0 Å². The van der Waals surface area contributed by atoms with Gasteiger partial charge < -0.3 is 19.7 Å². The molecule has 3 aromatic carbocycles. The Hall–Kier alpha value is -3.80. The summed E-state index contributed by atoms with van der Waals surface area (Å²) in [7, 11) is 0. The standard InChI is InChI=1S/C33H38N2O4/c1-24-9-5-6-12-27(24)23-35(32(36)18-16-26-15-17-30-31(22-26)39-20-19-38-30)29(21-25-10-3-2-4-11-25)33(37)34-28-13-7-8-14-28/h2-6,9-12,15,17,22,28-29H,7-8,13-14,16,18-21,23H2,1H3,(H,34,37)/t29-/m0/s1. The molecule has 1 fully saturated rings. The number of amides is 2. The van der Waals surface area contributed by atoms with Crippen molar-refractivity contribution in [2.24, 2.45) is 0 Å². The fourth-order valence-corrected chi connectivity index (χ4v) is 5.53. The van der Waals surface area contributed by atoms with Gasteiger partial charge in [-0.1, -0.05) is 73.5 Å². The van der Waals surface area contributed by atoms with E-state index in [2.05, 4.69) is 18.3 Å². The van der Waals surface area contributed by atoms with Crippen LogP contribution in [0.25, 0.3) is 0 Å². The molecule has 39 heavy (non-hydrogen) atoms.